The van der Waals surface area contributed by atoms with E-state index in [9.17, 15) is 18.0 Å². The van der Waals surface area contributed by atoms with Crippen molar-refractivity contribution in [2.24, 2.45) is 5.92 Å². The maximum atomic E-state index is 12.2. The minimum absolute atomic E-state index is 0.0358. The fourth-order valence-electron chi connectivity index (χ4n) is 2.25. The molecule has 1 aliphatic carbocycles. The van der Waals surface area contributed by atoms with E-state index in [0.29, 0.717) is 10.4 Å². The van der Waals surface area contributed by atoms with E-state index in [0.717, 1.165) is 12.8 Å². The van der Waals surface area contributed by atoms with Gasteiger partial charge in [-0.25, -0.2) is 13.2 Å². The largest absolute Gasteiger partial charge is 0.452 e. The highest BCUT2D eigenvalue weighted by Crippen LogP contribution is 2.32. The predicted octanol–water partition coefficient (Wildman–Crippen LogP) is 0.940. The van der Waals surface area contributed by atoms with Gasteiger partial charge in [0.2, 0.25) is 0 Å². The van der Waals surface area contributed by atoms with Crippen LogP contribution < -0.4 is 5.32 Å². The summed E-state index contributed by atoms with van der Waals surface area (Å²) in [5, 5.41) is 2.77. The maximum absolute atomic E-state index is 12.2. The number of nitrogens with zero attached hydrogens (tertiary/aromatic N) is 1. The molecule has 0 aliphatic heterocycles. The lowest BCUT2D eigenvalue weighted by Crippen LogP contribution is -2.37. The molecule has 1 N–H and O–H groups in total. The molecule has 0 bridgehead atoms. The van der Waals surface area contributed by atoms with Crippen molar-refractivity contribution in [2.75, 3.05) is 20.8 Å². The number of esters is 1. The second kappa shape index (κ2) is 7.94. The quantitative estimate of drug-likeness (QED) is 0.540. The van der Waals surface area contributed by atoms with Crippen LogP contribution in [0.15, 0.2) is 29.2 Å². The van der Waals surface area contributed by atoms with Crippen molar-refractivity contribution >= 4 is 21.9 Å². The van der Waals surface area contributed by atoms with Gasteiger partial charge >= 0.3 is 5.97 Å². The summed E-state index contributed by atoms with van der Waals surface area (Å²) in [6.07, 6.45) is 2.19. The summed E-state index contributed by atoms with van der Waals surface area (Å²) in [6, 6.07) is 5.41. The van der Waals surface area contributed by atoms with E-state index in [2.05, 4.69) is 10.2 Å². The van der Waals surface area contributed by atoms with Crippen LogP contribution in [0.2, 0.25) is 0 Å². The number of hydroxylamine groups is 1. The molecule has 0 aromatic heterocycles. The number of ether oxygens (including phenoxy) is 1. The average Bonchev–Trinajstić information content (AvgIpc) is 3.44. The Bertz CT molecular complexity index is 745. The number of hydrogen-bond donors (Lipinski definition) is 1. The van der Waals surface area contributed by atoms with Crippen molar-refractivity contribution in [3.05, 3.63) is 29.8 Å². The fourth-order valence-corrected chi connectivity index (χ4v) is 3.27. The van der Waals surface area contributed by atoms with E-state index >= 15 is 0 Å². The Hall–Kier alpha value is -1.97. The first-order chi connectivity index (χ1) is 11.8. The van der Waals surface area contributed by atoms with Crippen LogP contribution >= 0.6 is 0 Å². The molecule has 8 nitrogen and oxygen atoms in total. The molecule has 25 heavy (non-hydrogen) atoms. The third-order valence-corrected chi connectivity index (χ3v) is 5.69. The maximum Gasteiger partial charge on any atom is 0.338 e. The molecule has 1 fully saturated rings. The van der Waals surface area contributed by atoms with Crippen LogP contribution in [0.1, 0.15) is 30.1 Å². The Labute approximate surface area is 147 Å². The molecule has 138 valence electrons. The Morgan fingerprint density at radius 2 is 2.04 bits per heavy atom. The minimum atomic E-state index is -3.87. The minimum Gasteiger partial charge on any atom is -0.452 e. The third-order valence-electron chi connectivity index (χ3n) is 4.02. The highest BCUT2D eigenvalue weighted by Gasteiger charge is 2.29. The van der Waals surface area contributed by atoms with Crippen molar-refractivity contribution in [3.63, 3.8) is 0 Å². The van der Waals surface area contributed by atoms with Crippen LogP contribution in [0, 0.1) is 5.92 Å². The predicted molar refractivity (Wildman–Crippen MR) is 89.0 cm³/mol. The van der Waals surface area contributed by atoms with Crippen molar-refractivity contribution in [1.82, 2.24) is 9.79 Å². The Balaban J connectivity index is 1.97. The van der Waals surface area contributed by atoms with Gasteiger partial charge in [-0.3, -0.25) is 9.63 Å². The molecule has 1 aromatic rings. The standard InChI is InChI=1S/C16H22N2O6S/c1-11(12-7-8-12)17-15(19)10-24-16(20)13-5-4-6-14(9-13)25(21,22)18(2)23-3/h4-6,9,11-12H,7-8,10H2,1-3H3,(H,17,19)/t11-/m0/s1. The van der Waals surface area contributed by atoms with Gasteiger partial charge in [0.15, 0.2) is 6.61 Å². The van der Waals surface area contributed by atoms with E-state index in [1.54, 1.807) is 0 Å². The van der Waals surface area contributed by atoms with E-state index in [1.165, 1.54) is 38.4 Å². The molecule has 1 aliphatic rings. The fraction of sp³-hybridized carbons (Fsp3) is 0.500. The second-order valence-electron chi connectivity index (χ2n) is 5.89. The molecule has 1 aromatic carbocycles. The number of hydrogen-bond acceptors (Lipinski definition) is 6. The molecule has 1 saturated carbocycles. The smallest absolute Gasteiger partial charge is 0.338 e. The van der Waals surface area contributed by atoms with E-state index in [1.807, 2.05) is 6.92 Å². The molecule has 2 rings (SSSR count). The summed E-state index contributed by atoms with van der Waals surface area (Å²) in [4.78, 5) is 28.4. The van der Waals surface area contributed by atoms with Crippen LogP contribution in [-0.4, -0.2) is 51.6 Å². The zero-order chi connectivity index (χ0) is 18.6. The second-order valence-corrected chi connectivity index (χ2v) is 7.83. The topological polar surface area (TPSA) is 102 Å². The number of carbonyl (C=O) groups is 2. The highest BCUT2D eigenvalue weighted by atomic mass is 32.2. The van der Waals surface area contributed by atoms with Crippen LogP contribution in [-0.2, 0) is 24.4 Å². The number of amides is 1. The number of rotatable bonds is 8. The lowest BCUT2D eigenvalue weighted by Gasteiger charge is -2.15. The van der Waals surface area contributed by atoms with E-state index in [4.69, 9.17) is 4.74 Å². The van der Waals surface area contributed by atoms with Gasteiger partial charge in [0.25, 0.3) is 15.9 Å². The van der Waals surface area contributed by atoms with Gasteiger partial charge in [0.05, 0.1) is 17.6 Å². The number of sulfonamides is 1. The molecule has 0 heterocycles. The lowest BCUT2D eigenvalue weighted by atomic mass is 10.2. The SMILES string of the molecule is CON(C)S(=O)(=O)c1cccc(C(=O)OCC(=O)N[C@@H](C)C2CC2)c1. The summed E-state index contributed by atoms with van der Waals surface area (Å²) >= 11 is 0. The number of carbonyl (C=O) groups excluding carboxylic acids is 2. The zero-order valence-corrected chi connectivity index (χ0v) is 15.2. The first-order valence-corrected chi connectivity index (χ1v) is 9.29. The van der Waals surface area contributed by atoms with Gasteiger partial charge in [-0.05, 0) is 43.9 Å². The zero-order valence-electron chi connectivity index (χ0n) is 14.4. The van der Waals surface area contributed by atoms with Crippen molar-refractivity contribution in [1.29, 1.82) is 0 Å². The number of nitrogens with one attached hydrogen (secondary N) is 1. The van der Waals surface area contributed by atoms with Crippen LogP contribution in [0.5, 0.6) is 0 Å². The molecule has 0 radical (unpaired) electrons. The monoisotopic (exact) mass is 370 g/mol. The van der Waals surface area contributed by atoms with Crippen molar-refractivity contribution in [2.45, 2.75) is 30.7 Å². The Kier molecular flexibility index (Phi) is 6.15. The van der Waals surface area contributed by atoms with Crippen molar-refractivity contribution in [3.8, 4) is 0 Å². The molecule has 0 spiro atoms. The van der Waals surface area contributed by atoms with Crippen LogP contribution in [0.3, 0.4) is 0 Å². The Morgan fingerprint density at radius 1 is 1.36 bits per heavy atom. The average molecular weight is 370 g/mol. The van der Waals surface area contributed by atoms with Gasteiger partial charge in [-0.1, -0.05) is 10.5 Å². The lowest BCUT2D eigenvalue weighted by molar-refractivity contribution is -0.124. The normalized spacial score (nSPS) is 15.7. The van der Waals surface area contributed by atoms with Crippen LogP contribution in [0.4, 0.5) is 0 Å². The molecule has 0 saturated heterocycles. The van der Waals surface area contributed by atoms with E-state index in [-0.39, 0.29) is 22.4 Å². The Morgan fingerprint density at radius 3 is 2.64 bits per heavy atom. The van der Waals surface area contributed by atoms with Gasteiger partial charge in [-0.2, -0.15) is 0 Å². The molecular weight excluding hydrogens is 348 g/mol. The molecular formula is C16H22N2O6S. The third kappa shape index (κ3) is 5.00. The summed E-state index contributed by atoms with van der Waals surface area (Å²) in [6.45, 7) is 1.50. The number of benzene rings is 1. The molecule has 1 amide bonds. The van der Waals surface area contributed by atoms with Gasteiger partial charge < -0.3 is 10.1 Å². The summed E-state index contributed by atoms with van der Waals surface area (Å²) < 4.78 is 30.0. The highest BCUT2D eigenvalue weighted by molar-refractivity contribution is 7.89. The van der Waals surface area contributed by atoms with Crippen molar-refractivity contribution < 1.29 is 27.6 Å². The van der Waals surface area contributed by atoms with Crippen LogP contribution in [0.25, 0.3) is 0 Å². The first kappa shape index (κ1) is 19.4. The first-order valence-electron chi connectivity index (χ1n) is 7.85. The summed E-state index contributed by atoms with van der Waals surface area (Å²) in [5.74, 6) is -0.652. The summed E-state index contributed by atoms with van der Waals surface area (Å²) in [5.41, 5.74) is 0.0358. The molecule has 0 unspecified atom stereocenters. The van der Waals surface area contributed by atoms with Gasteiger partial charge in [0, 0.05) is 13.1 Å². The van der Waals surface area contributed by atoms with E-state index < -0.39 is 22.6 Å². The molecule has 1 atom stereocenters. The van der Waals surface area contributed by atoms with Gasteiger partial charge in [0.1, 0.15) is 0 Å². The molecule has 9 heteroatoms. The van der Waals surface area contributed by atoms with Gasteiger partial charge in [-0.15, -0.1) is 0 Å². The summed E-state index contributed by atoms with van der Waals surface area (Å²) in [7, 11) is -1.41.